The molecule has 3 aromatic rings. The van der Waals surface area contributed by atoms with Crippen molar-refractivity contribution in [3.8, 4) is 10.8 Å². The van der Waals surface area contributed by atoms with Gasteiger partial charge in [-0.25, -0.2) is 8.42 Å². The van der Waals surface area contributed by atoms with E-state index in [1.807, 2.05) is 31.4 Å². The van der Waals surface area contributed by atoms with Crippen LogP contribution in [0.2, 0.25) is 5.02 Å². The summed E-state index contributed by atoms with van der Waals surface area (Å²) < 4.78 is 31.8. The minimum Gasteiger partial charge on any atom is -0.418 e. The van der Waals surface area contributed by atoms with Crippen molar-refractivity contribution in [1.29, 1.82) is 0 Å². The van der Waals surface area contributed by atoms with Crippen LogP contribution in [0.15, 0.2) is 56.1 Å². The third-order valence-electron chi connectivity index (χ3n) is 3.70. The van der Waals surface area contributed by atoms with Crippen LogP contribution >= 0.6 is 22.9 Å². The van der Waals surface area contributed by atoms with E-state index in [0.29, 0.717) is 5.02 Å². The summed E-state index contributed by atoms with van der Waals surface area (Å²) in [4.78, 5) is 5.16. The third kappa shape index (κ3) is 3.73. The number of nitrogens with zero attached hydrogens (tertiary/aromatic N) is 1. The van der Waals surface area contributed by atoms with Gasteiger partial charge in [-0.2, -0.15) is 4.98 Å². The molecule has 0 saturated carbocycles. The van der Waals surface area contributed by atoms with Gasteiger partial charge < -0.3 is 9.73 Å². The molecule has 3 rings (SSSR count). The van der Waals surface area contributed by atoms with Gasteiger partial charge in [0.25, 0.3) is 0 Å². The van der Waals surface area contributed by atoms with Crippen molar-refractivity contribution < 1.29 is 12.8 Å². The first-order chi connectivity index (χ1) is 11.9. The van der Waals surface area contributed by atoms with Crippen molar-refractivity contribution in [3.63, 3.8) is 0 Å². The van der Waals surface area contributed by atoms with Crippen LogP contribution in [0.4, 0.5) is 5.88 Å². The lowest BCUT2D eigenvalue weighted by Crippen LogP contribution is -2.15. The molecule has 1 aromatic carbocycles. The van der Waals surface area contributed by atoms with Crippen LogP contribution < -0.4 is 5.32 Å². The second kappa shape index (κ2) is 7.19. The lowest BCUT2D eigenvalue weighted by molar-refractivity contribution is 0.567. The maximum absolute atomic E-state index is 13.0. The van der Waals surface area contributed by atoms with Gasteiger partial charge in [0.2, 0.25) is 26.6 Å². The van der Waals surface area contributed by atoms with Gasteiger partial charge in [-0.3, -0.25) is 0 Å². The Morgan fingerprint density at radius 2 is 2.00 bits per heavy atom. The smallest absolute Gasteiger partial charge is 0.240 e. The largest absolute Gasteiger partial charge is 0.418 e. The molecule has 0 amide bonds. The zero-order valence-electron chi connectivity index (χ0n) is 13.7. The Kier molecular flexibility index (Phi) is 5.17. The van der Waals surface area contributed by atoms with E-state index in [1.54, 1.807) is 0 Å². The molecule has 2 aromatic heterocycles. The highest BCUT2D eigenvalue weighted by Gasteiger charge is 2.29. The number of aromatic nitrogens is 1. The van der Waals surface area contributed by atoms with Crippen LogP contribution in [0.25, 0.3) is 10.8 Å². The minimum atomic E-state index is -3.83. The molecule has 2 heterocycles. The van der Waals surface area contributed by atoms with Crippen LogP contribution in [0.3, 0.4) is 0 Å². The molecule has 132 valence electrons. The summed E-state index contributed by atoms with van der Waals surface area (Å²) in [6, 6.07) is 9.74. The van der Waals surface area contributed by atoms with E-state index in [-0.39, 0.29) is 27.7 Å². The maximum atomic E-state index is 13.0. The van der Waals surface area contributed by atoms with Crippen LogP contribution in [0.1, 0.15) is 20.3 Å². The Bertz CT molecular complexity index is 948. The molecule has 0 fully saturated rings. The van der Waals surface area contributed by atoms with Crippen LogP contribution in [0.5, 0.6) is 0 Å². The fourth-order valence-electron chi connectivity index (χ4n) is 2.14. The average Bonchev–Trinajstić information content (AvgIpc) is 3.24. The zero-order chi connectivity index (χ0) is 18.0. The second-order valence-electron chi connectivity index (χ2n) is 5.54. The van der Waals surface area contributed by atoms with E-state index >= 15 is 0 Å². The monoisotopic (exact) mass is 396 g/mol. The summed E-state index contributed by atoms with van der Waals surface area (Å²) >= 11 is 7.29. The van der Waals surface area contributed by atoms with Gasteiger partial charge in [0.1, 0.15) is 0 Å². The number of hydrogen-bond acceptors (Lipinski definition) is 6. The fourth-order valence-corrected chi connectivity index (χ4v) is 4.18. The molecule has 25 heavy (non-hydrogen) atoms. The predicted octanol–water partition coefficient (Wildman–Crippen LogP) is 5.10. The molecular weight excluding hydrogens is 380 g/mol. The lowest BCUT2D eigenvalue weighted by Gasteiger charge is -2.11. The Morgan fingerprint density at radius 3 is 2.60 bits per heavy atom. The molecule has 0 spiro atoms. The summed E-state index contributed by atoms with van der Waals surface area (Å²) in [5, 5.41) is 5.34. The van der Waals surface area contributed by atoms with Gasteiger partial charge in [0.05, 0.1) is 9.77 Å². The van der Waals surface area contributed by atoms with Crippen molar-refractivity contribution in [1.82, 2.24) is 4.98 Å². The molecule has 5 nitrogen and oxygen atoms in total. The normalized spacial score (nSPS) is 12.9. The van der Waals surface area contributed by atoms with E-state index < -0.39 is 9.84 Å². The van der Waals surface area contributed by atoms with Crippen molar-refractivity contribution in [3.05, 3.63) is 46.8 Å². The molecular formula is C17H17ClN2O3S2. The summed E-state index contributed by atoms with van der Waals surface area (Å²) in [5.74, 6) is 0.445. The SMILES string of the molecule is CCC(C)Nc1oc(-c2cccs2)nc1S(=O)(=O)c1ccc(Cl)cc1. The average molecular weight is 397 g/mol. The summed E-state index contributed by atoms with van der Waals surface area (Å²) in [6.45, 7) is 3.95. The van der Waals surface area contributed by atoms with Crippen LogP contribution in [-0.2, 0) is 9.84 Å². The first-order valence-corrected chi connectivity index (χ1v) is 10.5. The van der Waals surface area contributed by atoms with Gasteiger partial charge in [-0.05, 0) is 49.1 Å². The summed E-state index contributed by atoms with van der Waals surface area (Å²) in [6.07, 6.45) is 0.815. The quantitative estimate of drug-likeness (QED) is 0.627. The molecule has 0 saturated heterocycles. The maximum Gasteiger partial charge on any atom is 0.240 e. The summed E-state index contributed by atoms with van der Waals surface area (Å²) in [7, 11) is -3.83. The lowest BCUT2D eigenvalue weighted by atomic mass is 10.3. The van der Waals surface area contributed by atoms with Crippen molar-refractivity contribution in [2.75, 3.05) is 5.32 Å². The first-order valence-electron chi connectivity index (χ1n) is 7.73. The second-order valence-corrected chi connectivity index (χ2v) is 8.79. The topological polar surface area (TPSA) is 72.2 Å². The van der Waals surface area contributed by atoms with E-state index in [2.05, 4.69) is 10.3 Å². The molecule has 1 N–H and O–H groups in total. The van der Waals surface area contributed by atoms with E-state index in [9.17, 15) is 8.42 Å². The van der Waals surface area contributed by atoms with E-state index in [4.69, 9.17) is 16.0 Å². The molecule has 0 bridgehead atoms. The Balaban J connectivity index is 2.10. The Hall–Kier alpha value is -1.83. The van der Waals surface area contributed by atoms with Gasteiger partial charge in [-0.1, -0.05) is 24.6 Å². The van der Waals surface area contributed by atoms with Crippen molar-refractivity contribution in [2.45, 2.75) is 36.2 Å². The molecule has 8 heteroatoms. The van der Waals surface area contributed by atoms with Crippen molar-refractivity contribution in [2.24, 2.45) is 0 Å². The zero-order valence-corrected chi connectivity index (χ0v) is 16.1. The summed E-state index contributed by atoms with van der Waals surface area (Å²) in [5.41, 5.74) is 0. The molecule has 0 aliphatic heterocycles. The van der Waals surface area contributed by atoms with Gasteiger partial charge in [0, 0.05) is 11.1 Å². The van der Waals surface area contributed by atoms with E-state index in [1.165, 1.54) is 35.6 Å². The molecule has 1 unspecified atom stereocenters. The molecule has 1 atom stereocenters. The highest BCUT2D eigenvalue weighted by molar-refractivity contribution is 7.91. The highest BCUT2D eigenvalue weighted by atomic mass is 35.5. The molecule has 0 aliphatic carbocycles. The third-order valence-corrected chi connectivity index (χ3v) is 6.48. The van der Waals surface area contributed by atoms with Crippen molar-refractivity contribution >= 4 is 38.7 Å². The number of halogens is 1. The Morgan fingerprint density at radius 1 is 1.28 bits per heavy atom. The number of nitrogens with one attached hydrogen (secondary N) is 1. The van der Waals surface area contributed by atoms with E-state index in [0.717, 1.165) is 11.3 Å². The number of oxazole rings is 1. The number of rotatable bonds is 6. The first kappa shape index (κ1) is 18.0. The number of thiophene rings is 1. The molecule has 0 radical (unpaired) electrons. The Labute approximate surface area is 155 Å². The number of benzene rings is 1. The molecule has 0 aliphatic rings. The highest BCUT2D eigenvalue weighted by Crippen LogP contribution is 2.34. The van der Waals surface area contributed by atoms with Gasteiger partial charge >= 0.3 is 0 Å². The van der Waals surface area contributed by atoms with Crippen LogP contribution in [0, 0.1) is 0 Å². The number of sulfone groups is 1. The minimum absolute atomic E-state index is 0.0447. The number of hydrogen-bond donors (Lipinski definition) is 1. The standard InChI is InChI=1S/C17H17ClN2O3S2/c1-3-11(2)19-16-17(20-15(23-16)14-5-4-10-24-14)25(21,22)13-8-6-12(18)7-9-13/h4-11,19H,3H2,1-2H3. The number of anilines is 1. The predicted molar refractivity (Wildman–Crippen MR) is 100 cm³/mol. The fraction of sp³-hybridized carbons (Fsp3) is 0.235. The van der Waals surface area contributed by atoms with Crippen LogP contribution in [-0.4, -0.2) is 19.4 Å². The van der Waals surface area contributed by atoms with Gasteiger partial charge in [0.15, 0.2) is 0 Å². The van der Waals surface area contributed by atoms with Gasteiger partial charge in [-0.15, -0.1) is 11.3 Å².